The lowest BCUT2D eigenvalue weighted by atomic mass is 10.2. The predicted molar refractivity (Wildman–Crippen MR) is 109 cm³/mol. The molecule has 1 aromatic carbocycles. The zero-order valence-electron chi connectivity index (χ0n) is 16.7. The van der Waals surface area contributed by atoms with E-state index in [0.29, 0.717) is 22.8 Å². The van der Waals surface area contributed by atoms with Crippen LogP contribution in [0.2, 0.25) is 0 Å². The van der Waals surface area contributed by atoms with Gasteiger partial charge < -0.3 is 14.4 Å². The van der Waals surface area contributed by atoms with Crippen LogP contribution in [0.15, 0.2) is 53.3 Å². The first-order valence-electron chi connectivity index (χ1n) is 9.65. The molecule has 2 aromatic heterocycles. The fourth-order valence-electron chi connectivity index (χ4n) is 3.46. The topological polar surface area (TPSA) is 90.2 Å². The smallest absolute Gasteiger partial charge is 0.307 e. The first-order valence-corrected chi connectivity index (χ1v) is 9.65. The van der Waals surface area contributed by atoms with Crippen LogP contribution in [0.25, 0.3) is 5.65 Å². The van der Waals surface area contributed by atoms with Gasteiger partial charge in [-0.15, -0.1) is 0 Å². The molecule has 0 N–H and O–H groups in total. The number of hydrogen-bond acceptors (Lipinski definition) is 6. The van der Waals surface area contributed by atoms with E-state index < -0.39 is 12.1 Å². The van der Waals surface area contributed by atoms with Gasteiger partial charge in [0.15, 0.2) is 6.10 Å². The first-order chi connectivity index (χ1) is 14.4. The number of fused-ring (bicyclic) bond motifs is 2. The van der Waals surface area contributed by atoms with Crippen molar-refractivity contribution in [3.8, 4) is 5.75 Å². The Hall–Kier alpha value is -3.68. The highest BCUT2D eigenvalue weighted by molar-refractivity contribution is 6.00. The van der Waals surface area contributed by atoms with Gasteiger partial charge in [-0.3, -0.25) is 18.8 Å². The van der Waals surface area contributed by atoms with Crippen molar-refractivity contribution in [3.05, 3.63) is 70.3 Å². The van der Waals surface area contributed by atoms with E-state index in [1.165, 1.54) is 15.4 Å². The van der Waals surface area contributed by atoms with E-state index in [1.54, 1.807) is 25.1 Å². The number of aromatic nitrogens is 2. The molecule has 4 rings (SSSR count). The van der Waals surface area contributed by atoms with E-state index in [2.05, 4.69) is 4.98 Å². The van der Waals surface area contributed by atoms with Crippen LogP contribution in [0.5, 0.6) is 5.75 Å². The van der Waals surface area contributed by atoms with Crippen molar-refractivity contribution in [2.75, 3.05) is 11.4 Å². The van der Waals surface area contributed by atoms with Gasteiger partial charge in [-0.25, -0.2) is 4.98 Å². The number of esters is 1. The van der Waals surface area contributed by atoms with Crippen molar-refractivity contribution in [3.63, 3.8) is 0 Å². The van der Waals surface area contributed by atoms with Gasteiger partial charge in [-0.05, 0) is 38.1 Å². The van der Waals surface area contributed by atoms with Crippen LogP contribution in [0.1, 0.15) is 24.7 Å². The van der Waals surface area contributed by atoms with Gasteiger partial charge in [0.25, 0.3) is 11.5 Å². The van der Waals surface area contributed by atoms with Crippen LogP contribution in [0.4, 0.5) is 5.69 Å². The molecule has 8 heteroatoms. The normalized spacial score (nSPS) is 15.6. The number of hydrogen-bond donors (Lipinski definition) is 0. The summed E-state index contributed by atoms with van der Waals surface area (Å²) in [4.78, 5) is 42.9. The fraction of sp³-hybridized carbons (Fsp3) is 0.273. The van der Waals surface area contributed by atoms with Gasteiger partial charge in [0.05, 0.1) is 17.8 Å². The van der Waals surface area contributed by atoms with Crippen LogP contribution in [-0.4, -0.2) is 33.9 Å². The second kappa shape index (κ2) is 7.98. The number of anilines is 1. The Kier molecular flexibility index (Phi) is 5.22. The molecule has 1 amide bonds. The zero-order valence-corrected chi connectivity index (χ0v) is 16.7. The van der Waals surface area contributed by atoms with Gasteiger partial charge in [0, 0.05) is 18.3 Å². The van der Waals surface area contributed by atoms with Crippen LogP contribution in [-0.2, 0) is 20.9 Å². The summed E-state index contributed by atoms with van der Waals surface area (Å²) in [6, 6.07) is 13.9. The van der Waals surface area contributed by atoms with Gasteiger partial charge in [0.1, 0.15) is 18.0 Å². The number of benzene rings is 1. The summed E-state index contributed by atoms with van der Waals surface area (Å²) in [7, 11) is 0. The number of aryl methyl sites for hydroxylation is 1. The number of carbonyl (C=O) groups is 2. The third-order valence-electron chi connectivity index (χ3n) is 4.93. The van der Waals surface area contributed by atoms with E-state index in [4.69, 9.17) is 9.47 Å². The number of nitrogens with zero attached hydrogens (tertiary/aromatic N) is 3. The molecule has 3 aromatic rings. The molecule has 154 valence electrons. The summed E-state index contributed by atoms with van der Waals surface area (Å²) in [6.45, 7) is 3.56. The maximum Gasteiger partial charge on any atom is 0.307 e. The van der Waals surface area contributed by atoms with Crippen molar-refractivity contribution in [1.29, 1.82) is 0 Å². The molecule has 1 atom stereocenters. The van der Waals surface area contributed by atoms with Gasteiger partial charge in [-0.2, -0.15) is 0 Å². The summed E-state index contributed by atoms with van der Waals surface area (Å²) in [6.07, 6.45) is -0.604. The highest BCUT2D eigenvalue weighted by Crippen LogP contribution is 2.33. The number of para-hydroxylation sites is 2. The van der Waals surface area contributed by atoms with Crippen molar-refractivity contribution in [2.24, 2.45) is 0 Å². The Morgan fingerprint density at radius 3 is 2.80 bits per heavy atom. The maximum atomic E-state index is 12.5. The lowest BCUT2D eigenvalue weighted by Crippen LogP contribution is -2.45. The molecule has 0 fully saturated rings. The maximum absolute atomic E-state index is 12.5. The van der Waals surface area contributed by atoms with Crippen molar-refractivity contribution in [2.45, 2.75) is 33.0 Å². The fourth-order valence-corrected chi connectivity index (χ4v) is 3.46. The molecule has 30 heavy (non-hydrogen) atoms. The summed E-state index contributed by atoms with van der Waals surface area (Å²) in [5.74, 6) is -0.0825. The Morgan fingerprint density at radius 2 is 1.97 bits per heavy atom. The molecule has 3 heterocycles. The summed E-state index contributed by atoms with van der Waals surface area (Å²) in [5.41, 5.74) is 2.05. The highest BCUT2D eigenvalue weighted by Gasteiger charge is 2.31. The standard InChI is InChI=1S/C22H21N3O5/c1-14-6-5-9-19-23-16(12-20(26)25(14)19)13-29-21(27)10-11-24-17-7-3-4-8-18(17)30-15(2)22(24)28/h3-9,12,15H,10-11,13H2,1-2H3. The lowest BCUT2D eigenvalue weighted by Gasteiger charge is -2.32. The molecule has 0 saturated carbocycles. The zero-order chi connectivity index (χ0) is 21.3. The Bertz CT molecular complexity index is 1190. The molecule has 0 radical (unpaired) electrons. The molecule has 0 saturated heterocycles. The van der Waals surface area contributed by atoms with Crippen molar-refractivity contribution in [1.82, 2.24) is 9.38 Å². The van der Waals surface area contributed by atoms with E-state index in [-0.39, 0.29) is 31.0 Å². The average molecular weight is 407 g/mol. The SMILES string of the molecule is Cc1cccc2nc(COC(=O)CCN3C(=O)C(C)Oc4ccccc43)cc(=O)n12. The molecule has 0 aliphatic carbocycles. The Balaban J connectivity index is 1.41. The van der Waals surface area contributed by atoms with E-state index in [0.717, 1.165) is 5.69 Å². The largest absolute Gasteiger partial charge is 0.479 e. The highest BCUT2D eigenvalue weighted by atomic mass is 16.5. The monoisotopic (exact) mass is 407 g/mol. The van der Waals surface area contributed by atoms with Crippen molar-refractivity contribution >= 4 is 23.2 Å². The second-order valence-corrected chi connectivity index (χ2v) is 7.07. The minimum Gasteiger partial charge on any atom is -0.479 e. The molecule has 1 aliphatic heterocycles. The first kappa shape index (κ1) is 19.6. The van der Waals surface area contributed by atoms with E-state index in [9.17, 15) is 14.4 Å². The van der Waals surface area contributed by atoms with Crippen LogP contribution in [0, 0.1) is 6.92 Å². The van der Waals surface area contributed by atoms with Crippen molar-refractivity contribution < 1.29 is 19.1 Å². The number of pyridine rings is 1. The Labute approximate surface area is 172 Å². The third kappa shape index (κ3) is 3.76. The molecule has 1 aliphatic rings. The Morgan fingerprint density at radius 1 is 1.17 bits per heavy atom. The number of amides is 1. The van der Waals surface area contributed by atoms with Crippen LogP contribution < -0.4 is 15.2 Å². The molecule has 0 bridgehead atoms. The third-order valence-corrected chi connectivity index (χ3v) is 4.93. The molecule has 1 unspecified atom stereocenters. The summed E-state index contributed by atoms with van der Waals surface area (Å²) < 4.78 is 12.4. The van der Waals surface area contributed by atoms with E-state index in [1.807, 2.05) is 31.2 Å². The van der Waals surface area contributed by atoms with Crippen LogP contribution >= 0.6 is 0 Å². The minimum atomic E-state index is -0.617. The lowest BCUT2D eigenvalue weighted by molar-refractivity contribution is -0.144. The number of rotatable bonds is 5. The second-order valence-electron chi connectivity index (χ2n) is 7.07. The molecular weight excluding hydrogens is 386 g/mol. The summed E-state index contributed by atoms with van der Waals surface area (Å²) in [5, 5.41) is 0. The summed E-state index contributed by atoms with van der Waals surface area (Å²) >= 11 is 0. The number of carbonyl (C=O) groups excluding carboxylic acids is 2. The average Bonchev–Trinajstić information content (AvgIpc) is 2.72. The van der Waals surface area contributed by atoms with Gasteiger partial charge in [0.2, 0.25) is 0 Å². The molecule has 8 nitrogen and oxygen atoms in total. The van der Waals surface area contributed by atoms with Crippen LogP contribution in [0.3, 0.4) is 0 Å². The minimum absolute atomic E-state index is 0.0124. The molecule has 0 spiro atoms. The van der Waals surface area contributed by atoms with E-state index >= 15 is 0 Å². The quantitative estimate of drug-likeness (QED) is 0.603. The van der Waals surface area contributed by atoms with Gasteiger partial charge in [-0.1, -0.05) is 18.2 Å². The predicted octanol–water partition coefficient (Wildman–Crippen LogP) is 2.25. The molecular formula is C22H21N3O5. The van der Waals surface area contributed by atoms with Gasteiger partial charge >= 0.3 is 5.97 Å². The number of ether oxygens (including phenoxy) is 2.